The number of carboxylic acids is 1. The summed E-state index contributed by atoms with van der Waals surface area (Å²) in [5, 5.41) is 10.8. The highest BCUT2D eigenvalue weighted by Gasteiger charge is 2.06. The largest absolute Gasteiger partial charge is 0.478 e. The summed E-state index contributed by atoms with van der Waals surface area (Å²) in [5.74, 6) is -2.08. The van der Waals surface area contributed by atoms with Gasteiger partial charge in [-0.25, -0.2) is 9.18 Å². The Balaban J connectivity index is 3.23. The summed E-state index contributed by atoms with van der Waals surface area (Å²) in [6.45, 7) is 0. The van der Waals surface area contributed by atoms with Crippen LogP contribution in [-0.4, -0.2) is 11.1 Å². The average molecular weight is 169 g/mol. The Kier molecular flexibility index (Phi) is 2.14. The first-order valence-corrected chi connectivity index (χ1v) is 3.00. The van der Waals surface area contributed by atoms with E-state index < -0.39 is 11.8 Å². The summed E-state index contributed by atoms with van der Waals surface area (Å²) in [5.41, 5.74) is -0.517. The quantitative estimate of drug-likeness (QED) is 0.687. The molecule has 0 bridgehead atoms. The molecule has 62 valence electrons. The van der Waals surface area contributed by atoms with E-state index >= 15 is 0 Å². The summed E-state index contributed by atoms with van der Waals surface area (Å²) in [4.78, 5) is 20.2. The van der Waals surface area contributed by atoms with Crippen molar-refractivity contribution in [2.75, 3.05) is 0 Å². The molecule has 5 heteroatoms. The number of nitrogens with zero attached hydrogens (tertiary/aromatic N) is 1. The molecule has 0 saturated carbocycles. The number of benzene rings is 1. The third-order valence-electron chi connectivity index (χ3n) is 1.23. The minimum absolute atomic E-state index is 0.229. The minimum atomic E-state index is -1.29. The summed E-state index contributed by atoms with van der Waals surface area (Å²) >= 11 is 0. The highest BCUT2D eigenvalue weighted by molar-refractivity contribution is 5.88. The van der Waals surface area contributed by atoms with Crippen LogP contribution in [0.2, 0.25) is 0 Å². The lowest BCUT2D eigenvalue weighted by atomic mass is 10.2. The van der Waals surface area contributed by atoms with E-state index in [-0.39, 0.29) is 11.3 Å². The lowest BCUT2D eigenvalue weighted by molar-refractivity contribution is 0.0696. The molecule has 0 aliphatic rings. The van der Waals surface area contributed by atoms with Crippen LogP contribution in [0, 0.1) is 10.7 Å². The molecule has 0 heterocycles. The van der Waals surface area contributed by atoms with Gasteiger partial charge in [-0.1, -0.05) is 0 Å². The standard InChI is InChI=1S/C7H4FNO3/c8-5-1-4(7(10)11)2-6(3-5)9-12/h1-3H,(H,10,11). The van der Waals surface area contributed by atoms with Crippen molar-refractivity contribution in [2.24, 2.45) is 5.18 Å². The maximum atomic E-state index is 12.5. The smallest absolute Gasteiger partial charge is 0.335 e. The van der Waals surface area contributed by atoms with Crippen molar-refractivity contribution >= 4 is 11.7 Å². The molecule has 0 spiro atoms. The number of hydrogen-bond acceptors (Lipinski definition) is 3. The van der Waals surface area contributed by atoms with Gasteiger partial charge in [-0.3, -0.25) is 0 Å². The molecule has 0 aliphatic carbocycles. The van der Waals surface area contributed by atoms with Gasteiger partial charge in [-0.2, -0.15) is 0 Å². The molecule has 0 unspecified atom stereocenters. The van der Waals surface area contributed by atoms with Crippen molar-refractivity contribution in [3.05, 3.63) is 34.5 Å². The van der Waals surface area contributed by atoms with E-state index in [1.165, 1.54) is 0 Å². The molecule has 0 radical (unpaired) electrons. The fourth-order valence-corrected chi connectivity index (χ4v) is 0.750. The van der Waals surface area contributed by atoms with Crippen LogP contribution in [-0.2, 0) is 0 Å². The van der Waals surface area contributed by atoms with Gasteiger partial charge in [0.15, 0.2) is 0 Å². The number of hydrogen-bond donors (Lipinski definition) is 1. The third-order valence-corrected chi connectivity index (χ3v) is 1.23. The third kappa shape index (κ3) is 1.63. The number of carbonyl (C=O) groups is 1. The molecule has 0 aromatic heterocycles. The van der Waals surface area contributed by atoms with Gasteiger partial charge < -0.3 is 5.11 Å². The molecule has 0 atom stereocenters. The van der Waals surface area contributed by atoms with Crippen LogP contribution in [0.4, 0.5) is 10.1 Å². The molecule has 1 rings (SSSR count). The summed E-state index contributed by atoms with van der Waals surface area (Å²) in [6, 6.07) is 2.68. The SMILES string of the molecule is O=Nc1cc(F)cc(C(=O)O)c1. The summed E-state index contributed by atoms with van der Waals surface area (Å²) < 4.78 is 12.5. The normalized spacial score (nSPS) is 9.42. The number of carboxylic acid groups (broad SMARTS) is 1. The fourth-order valence-electron chi connectivity index (χ4n) is 0.750. The van der Waals surface area contributed by atoms with E-state index in [0.717, 1.165) is 18.2 Å². The number of rotatable bonds is 2. The van der Waals surface area contributed by atoms with Crippen molar-refractivity contribution in [3.8, 4) is 0 Å². The average Bonchev–Trinajstić information content (AvgIpc) is 2.03. The van der Waals surface area contributed by atoms with Crippen molar-refractivity contribution in [1.82, 2.24) is 0 Å². The molecule has 1 aromatic carbocycles. The Bertz CT molecular complexity index is 337. The van der Waals surface area contributed by atoms with E-state index in [1.807, 2.05) is 0 Å². The van der Waals surface area contributed by atoms with Crippen LogP contribution in [0.1, 0.15) is 10.4 Å². The topological polar surface area (TPSA) is 66.7 Å². The van der Waals surface area contributed by atoms with Crippen LogP contribution in [0.25, 0.3) is 0 Å². The lowest BCUT2D eigenvalue weighted by Gasteiger charge is -1.94. The van der Waals surface area contributed by atoms with Gasteiger partial charge in [0.25, 0.3) is 0 Å². The van der Waals surface area contributed by atoms with Crippen LogP contribution in [0.5, 0.6) is 0 Å². The molecular formula is C7H4FNO3. The van der Waals surface area contributed by atoms with Crippen molar-refractivity contribution in [1.29, 1.82) is 0 Å². The molecule has 0 saturated heterocycles. The first kappa shape index (κ1) is 8.32. The second-order valence-electron chi connectivity index (χ2n) is 2.09. The highest BCUT2D eigenvalue weighted by Crippen LogP contribution is 2.16. The van der Waals surface area contributed by atoms with Gasteiger partial charge in [0.1, 0.15) is 11.5 Å². The molecule has 12 heavy (non-hydrogen) atoms. The van der Waals surface area contributed by atoms with E-state index in [9.17, 15) is 14.1 Å². The lowest BCUT2D eigenvalue weighted by Crippen LogP contribution is -1.96. The van der Waals surface area contributed by atoms with Gasteiger partial charge in [-0.05, 0) is 17.3 Å². The molecular weight excluding hydrogens is 165 g/mol. The first-order valence-electron chi connectivity index (χ1n) is 3.00. The Morgan fingerprint density at radius 2 is 2.08 bits per heavy atom. The predicted octanol–water partition coefficient (Wildman–Crippen LogP) is 1.92. The first-order chi connectivity index (χ1) is 5.63. The molecule has 0 aliphatic heterocycles. The Morgan fingerprint density at radius 3 is 2.58 bits per heavy atom. The van der Waals surface area contributed by atoms with Crippen molar-refractivity contribution in [2.45, 2.75) is 0 Å². The number of aromatic carboxylic acids is 1. The maximum absolute atomic E-state index is 12.5. The molecule has 1 aromatic rings. The monoisotopic (exact) mass is 169 g/mol. The molecule has 4 nitrogen and oxygen atoms in total. The van der Waals surface area contributed by atoms with Crippen molar-refractivity contribution < 1.29 is 14.3 Å². The predicted molar refractivity (Wildman–Crippen MR) is 38.8 cm³/mol. The minimum Gasteiger partial charge on any atom is -0.478 e. The van der Waals surface area contributed by atoms with Crippen LogP contribution >= 0.6 is 0 Å². The van der Waals surface area contributed by atoms with Crippen LogP contribution in [0.15, 0.2) is 23.4 Å². The van der Waals surface area contributed by atoms with E-state index in [4.69, 9.17) is 5.11 Å². The Labute approximate surface area is 66.6 Å². The zero-order valence-electron chi connectivity index (χ0n) is 5.82. The Hall–Kier alpha value is -1.78. The van der Waals surface area contributed by atoms with Gasteiger partial charge in [0.2, 0.25) is 0 Å². The van der Waals surface area contributed by atoms with Gasteiger partial charge >= 0.3 is 5.97 Å². The second-order valence-corrected chi connectivity index (χ2v) is 2.09. The fraction of sp³-hybridized carbons (Fsp3) is 0. The van der Waals surface area contributed by atoms with Crippen molar-refractivity contribution in [3.63, 3.8) is 0 Å². The van der Waals surface area contributed by atoms with Crippen LogP contribution < -0.4 is 0 Å². The zero-order valence-corrected chi connectivity index (χ0v) is 5.82. The Morgan fingerprint density at radius 1 is 1.42 bits per heavy atom. The van der Waals surface area contributed by atoms with Crippen LogP contribution in [0.3, 0.4) is 0 Å². The van der Waals surface area contributed by atoms with E-state index in [0.29, 0.717) is 0 Å². The summed E-state index contributed by atoms with van der Waals surface area (Å²) in [7, 11) is 0. The number of halogens is 1. The molecule has 0 amide bonds. The van der Waals surface area contributed by atoms with Gasteiger partial charge in [0.05, 0.1) is 5.56 Å². The summed E-state index contributed by atoms with van der Waals surface area (Å²) in [6.07, 6.45) is 0. The van der Waals surface area contributed by atoms with Gasteiger partial charge in [-0.15, -0.1) is 4.91 Å². The van der Waals surface area contributed by atoms with E-state index in [2.05, 4.69) is 5.18 Å². The highest BCUT2D eigenvalue weighted by atomic mass is 19.1. The maximum Gasteiger partial charge on any atom is 0.335 e. The molecule has 0 fully saturated rings. The van der Waals surface area contributed by atoms with E-state index in [1.54, 1.807) is 0 Å². The van der Waals surface area contributed by atoms with Gasteiger partial charge in [0, 0.05) is 6.07 Å². The number of nitroso groups, excluding NO2 is 1. The molecule has 1 N–H and O–H groups in total. The zero-order chi connectivity index (χ0) is 9.14. The second kappa shape index (κ2) is 3.08.